The van der Waals surface area contributed by atoms with E-state index >= 15 is 0 Å². The van der Waals surface area contributed by atoms with Crippen LogP contribution in [0.1, 0.15) is 13.8 Å². The second-order valence-electron chi connectivity index (χ2n) is 4.91. The van der Waals surface area contributed by atoms with Gasteiger partial charge in [0.05, 0.1) is 6.61 Å². The average Bonchev–Trinajstić information content (AvgIpc) is 2.70. The number of anilines is 2. The highest BCUT2D eigenvalue weighted by Gasteiger charge is 2.27. The van der Waals surface area contributed by atoms with E-state index in [1.54, 1.807) is 0 Å². The van der Waals surface area contributed by atoms with Gasteiger partial charge < -0.3 is 15.8 Å². The maximum Gasteiger partial charge on any atom is 0.249 e. The molecule has 0 aliphatic carbocycles. The van der Waals surface area contributed by atoms with Gasteiger partial charge in [0.25, 0.3) is 0 Å². The first-order valence-corrected chi connectivity index (χ1v) is 8.47. The molecular formula is C11H22N4O3S2. The molecule has 1 aromatic heterocycles. The van der Waals surface area contributed by atoms with Gasteiger partial charge in [0.2, 0.25) is 10.0 Å². The van der Waals surface area contributed by atoms with Gasteiger partial charge in [-0.05, 0) is 17.5 Å². The van der Waals surface area contributed by atoms with Crippen LogP contribution in [0.2, 0.25) is 0 Å². The fourth-order valence-corrected chi connectivity index (χ4v) is 3.50. The third kappa shape index (κ3) is 4.30. The van der Waals surface area contributed by atoms with Gasteiger partial charge in [-0.2, -0.15) is 4.37 Å². The summed E-state index contributed by atoms with van der Waals surface area (Å²) >= 11 is 1.04. The summed E-state index contributed by atoms with van der Waals surface area (Å²) in [5, 5.41) is 3.46. The van der Waals surface area contributed by atoms with Gasteiger partial charge >= 0.3 is 0 Å². The van der Waals surface area contributed by atoms with Gasteiger partial charge in [-0.1, -0.05) is 13.8 Å². The van der Waals surface area contributed by atoms with Crippen molar-refractivity contribution in [2.24, 2.45) is 5.92 Å². The molecule has 0 bridgehead atoms. The molecule has 0 spiro atoms. The average molecular weight is 322 g/mol. The summed E-state index contributed by atoms with van der Waals surface area (Å²) in [7, 11) is -0.678. The summed E-state index contributed by atoms with van der Waals surface area (Å²) in [5.41, 5.74) is 5.66. The predicted molar refractivity (Wildman–Crippen MR) is 81.5 cm³/mol. The summed E-state index contributed by atoms with van der Waals surface area (Å²) in [6, 6.07) is 0. The Bertz CT molecular complexity index is 526. The van der Waals surface area contributed by atoms with Crippen molar-refractivity contribution < 1.29 is 13.2 Å². The molecule has 1 aromatic rings. The molecule has 0 fully saturated rings. The van der Waals surface area contributed by atoms with Crippen LogP contribution in [0.25, 0.3) is 0 Å². The van der Waals surface area contributed by atoms with Crippen molar-refractivity contribution in [3.8, 4) is 0 Å². The maximum atomic E-state index is 12.2. The number of hydrogen-bond donors (Lipinski definition) is 2. The lowest BCUT2D eigenvalue weighted by Gasteiger charge is -2.13. The molecule has 0 radical (unpaired) electrons. The van der Waals surface area contributed by atoms with E-state index in [0.29, 0.717) is 30.7 Å². The maximum absolute atomic E-state index is 12.2. The molecule has 0 saturated heterocycles. The predicted octanol–water partition coefficient (Wildman–Crippen LogP) is 1.06. The normalized spacial score (nSPS) is 12.3. The van der Waals surface area contributed by atoms with Gasteiger partial charge in [0.15, 0.2) is 10.7 Å². The van der Waals surface area contributed by atoms with Crippen molar-refractivity contribution in [1.82, 2.24) is 8.68 Å². The Morgan fingerprint density at radius 2 is 2.10 bits per heavy atom. The van der Waals surface area contributed by atoms with Crippen LogP contribution >= 0.6 is 11.5 Å². The zero-order valence-corrected chi connectivity index (χ0v) is 13.8. The van der Waals surface area contributed by atoms with Crippen molar-refractivity contribution in [2.45, 2.75) is 18.7 Å². The third-order valence-corrected chi connectivity index (χ3v) is 5.23. The number of sulfonamides is 1. The van der Waals surface area contributed by atoms with Crippen LogP contribution < -0.4 is 11.1 Å². The second kappa shape index (κ2) is 7.21. The van der Waals surface area contributed by atoms with Crippen LogP contribution in [0.15, 0.2) is 4.90 Å². The Morgan fingerprint density at radius 1 is 1.45 bits per heavy atom. The quantitative estimate of drug-likeness (QED) is 0.695. The molecular weight excluding hydrogens is 300 g/mol. The third-order valence-electron chi connectivity index (χ3n) is 2.40. The lowest BCUT2D eigenvalue weighted by atomic mass is 10.2. The number of nitrogens with zero attached hydrogens (tertiary/aromatic N) is 2. The molecule has 0 aromatic carbocycles. The minimum absolute atomic E-state index is 0.0225. The summed E-state index contributed by atoms with van der Waals surface area (Å²) in [6.07, 6.45) is 0. The molecule has 3 N–H and O–H groups in total. The van der Waals surface area contributed by atoms with Crippen LogP contribution in [0, 0.1) is 5.92 Å². The zero-order chi connectivity index (χ0) is 15.3. The SMILES string of the molecule is CC(C)COCCNc1snc(N)c1S(=O)(=O)N(C)C. The minimum atomic E-state index is -3.60. The standard InChI is InChI=1S/C11H22N4O3S2/c1-8(2)7-18-6-5-13-11-9(10(12)14-19-11)20(16,17)15(3)4/h8,13H,5-7H2,1-4H3,(H2,12,14). The first-order chi connectivity index (χ1) is 9.26. The lowest BCUT2D eigenvalue weighted by molar-refractivity contribution is 0.118. The van der Waals surface area contributed by atoms with Crippen molar-refractivity contribution in [3.63, 3.8) is 0 Å². The molecule has 0 saturated carbocycles. The number of hydrogen-bond acceptors (Lipinski definition) is 7. The van der Waals surface area contributed by atoms with Crippen LogP contribution in [0.4, 0.5) is 10.8 Å². The molecule has 0 amide bonds. The van der Waals surface area contributed by atoms with E-state index < -0.39 is 10.0 Å². The molecule has 1 rings (SSSR count). The number of nitrogen functional groups attached to an aromatic ring is 1. The van der Waals surface area contributed by atoms with Crippen molar-refractivity contribution >= 4 is 32.4 Å². The number of ether oxygens (including phenoxy) is 1. The van der Waals surface area contributed by atoms with E-state index in [0.717, 1.165) is 15.8 Å². The van der Waals surface area contributed by atoms with E-state index in [-0.39, 0.29) is 10.7 Å². The Balaban J connectivity index is 2.69. The lowest BCUT2D eigenvalue weighted by Crippen LogP contribution is -2.24. The molecule has 0 aliphatic rings. The highest BCUT2D eigenvalue weighted by atomic mass is 32.2. The summed E-state index contributed by atoms with van der Waals surface area (Å²) in [5.74, 6) is 0.494. The smallest absolute Gasteiger partial charge is 0.249 e. The second-order valence-corrected chi connectivity index (χ2v) is 7.77. The fraction of sp³-hybridized carbons (Fsp3) is 0.727. The molecule has 7 nitrogen and oxygen atoms in total. The Kier molecular flexibility index (Phi) is 6.18. The zero-order valence-electron chi connectivity index (χ0n) is 12.2. The van der Waals surface area contributed by atoms with Gasteiger partial charge in [0.1, 0.15) is 5.00 Å². The van der Waals surface area contributed by atoms with Crippen molar-refractivity contribution in [3.05, 3.63) is 0 Å². The molecule has 20 heavy (non-hydrogen) atoms. The minimum Gasteiger partial charge on any atom is -0.382 e. The molecule has 9 heteroatoms. The van der Waals surface area contributed by atoms with Crippen LogP contribution in [-0.4, -0.2) is 51.0 Å². The first-order valence-electron chi connectivity index (χ1n) is 6.26. The molecule has 1 heterocycles. The fourth-order valence-electron chi connectivity index (χ4n) is 1.39. The van der Waals surface area contributed by atoms with Crippen molar-refractivity contribution in [2.75, 3.05) is 44.9 Å². The van der Waals surface area contributed by atoms with Gasteiger partial charge in [-0.25, -0.2) is 12.7 Å². The molecule has 0 atom stereocenters. The summed E-state index contributed by atoms with van der Waals surface area (Å²) in [6.45, 7) is 5.81. The van der Waals surface area contributed by atoms with Crippen LogP contribution in [-0.2, 0) is 14.8 Å². The van der Waals surface area contributed by atoms with E-state index in [2.05, 4.69) is 23.5 Å². The van der Waals surface area contributed by atoms with E-state index in [4.69, 9.17) is 10.5 Å². The summed E-state index contributed by atoms with van der Waals surface area (Å²) < 4.78 is 34.8. The Labute approximate surface area is 124 Å². The number of aromatic nitrogens is 1. The summed E-state index contributed by atoms with van der Waals surface area (Å²) in [4.78, 5) is 0.0383. The Hall–Kier alpha value is -0.900. The number of nitrogens with two attached hydrogens (primary N) is 1. The Morgan fingerprint density at radius 3 is 2.65 bits per heavy atom. The van der Waals surface area contributed by atoms with Gasteiger partial charge in [-0.15, -0.1) is 0 Å². The number of nitrogens with one attached hydrogen (secondary N) is 1. The van der Waals surface area contributed by atoms with E-state index in [1.807, 2.05) is 0 Å². The first kappa shape index (κ1) is 17.2. The van der Waals surface area contributed by atoms with Crippen molar-refractivity contribution in [1.29, 1.82) is 0 Å². The molecule has 0 unspecified atom stereocenters. The van der Waals surface area contributed by atoms with Crippen LogP contribution in [0.3, 0.4) is 0 Å². The van der Waals surface area contributed by atoms with Gasteiger partial charge in [0, 0.05) is 27.2 Å². The molecule has 0 aliphatic heterocycles. The highest BCUT2D eigenvalue weighted by Crippen LogP contribution is 2.32. The highest BCUT2D eigenvalue weighted by molar-refractivity contribution is 7.89. The molecule has 116 valence electrons. The van der Waals surface area contributed by atoms with Crippen LogP contribution in [0.5, 0.6) is 0 Å². The van der Waals surface area contributed by atoms with E-state index in [1.165, 1.54) is 14.1 Å². The van der Waals surface area contributed by atoms with Gasteiger partial charge in [-0.3, -0.25) is 0 Å². The van der Waals surface area contributed by atoms with E-state index in [9.17, 15) is 8.42 Å². The number of rotatable bonds is 8. The largest absolute Gasteiger partial charge is 0.382 e. The topological polar surface area (TPSA) is 97.5 Å². The monoisotopic (exact) mass is 322 g/mol.